The van der Waals surface area contributed by atoms with Crippen molar-refractivity contribution in [2.24, 2.45) is 0 Å². The average molecular weight is 342 g/mol. The van der Waals surface area contributed by atoms with Gasteiger partial charge >= 0.3 is 0 Å². The van der Waals surface area contributed by atoms with Crippen molar-refractivity contribution in [3.63, 3.8) is 0 Å². The lowest BCUT2D eigenvalue weighted by molar-refractivity contribution is -0.123. The number of para-hydroxylation sites is 1. The van der Waals surface area contributed by atoms with E-state index in [-0.39, 0.29) is 24.9 Å². The second kappa shape index (κ2) is 11.3. The molecule has 23 heavy (non-hydrogen) atoms. The molecule has 6 heteroatoms. The molecule has 2 rings (SSSR count). The number of ether oxygens (including phenoxy) is 1. The predicted octanol–water partition coefficient (Wildman–Crippen LogP) is 1.46. The summed E-state index contributed by atoms with van der Waals surface area (Å²) in [5, 5.41) is 6.26. The number of nitrogens with zero attached hydrogens (tertiary/aromatic N) is 1. The molecule has 0 bridgehead atoms. The quantitative estimate of drug-likeness (QED) is 0.703. The third-order valence-electron chi connectivity index (χ3n) is 3.90. The van der Waals surface area contributed by atoms with Gasteiger partial charge in [0.05, 0.1) is 0 Å². The van der Waals surface area contributed by atoms with Gasteiger partial charge in [-0.1, -0.05) is 25.1 Å². The van der Waals surface area contributed by atoms with E-state index in [2.05, 4.69) is 22.5 Å². The molecule has 0 unspecified atom stereocenters. The van der Waals surface area contributed by atoms with E-state index in [1.54, 1.807) is 0 Å². The van der Waals surface area contributed by atoms with Gasteiger partial charge in [-0.25, -0.2) is 0 Å². The number of amides is 1. The second-order valence-corrected chi connectivity index (χ2v) is 5.55. The van der Waals surface area contributed by atoms with E-state index in [9.17, 15) is 4.79 Å². The number of hydrogen-bond donors (Lipinski definition) is 2. The third kappa shape index (κ3) is 7.20. The zero-order valence-corrected chi connectivity index (χ0v) is 14.7. The molecule has 1 aliphatic rings. The first-order valence-electron chi connectivity index (χ1n) is 8.20. The van der Waals surface area contributed by atoms with Crippen molar-refractivity contribution < 1.29 is 9.53 Å². The number of carbonyl (C=O) groups is 1. The van der Waals surface area contributed by atoms with Gasteiger partial charge in [0.15, 0.2) is 6.61 Å². The summed E-state index contributed by atoms with van der Waals surface area (Å²) < 4.78 is 5.61. The topological polar surface area (TPSA) is 53.6 Å². The molecular formula is C17H28ClN3O2. The van der Waals surface area contributed by atoms with Crippen LogP contribution in [0, 0.1) is 0 Å². The first-order chi connectivity index (χ1) is 10.8. The van der Waals surface area contributed by atoms with E-state index in [0.717, 1.165) is 56.9 Å². The van der Waals surface area contributed by atoms with E-state index in [4.69, 9.17) is 4.74 Å². The van der Waals surface area contributed by atoms with Crippen molar-refractivity contribution in [3.05, 3.63) is 29.8 Å². The van der Waals surface area contributed by atoms with Crippen LogP contribution in [-0.4, -0.2) is 56.7 Å². The molecule has 0 spiro atoms. The summed E-state index contributed by atoms with van der Waals surface area (Å²) in [4.78, 5) is 14.2. The standard InChI is InChI=1S/C17H27N3O2.ClH/c1-2-15-6-3-4-7-16(15)22-14-17(21)19-8-5-11-20-12-9-18-10-13-20;/h3-4,6-7,18H,2,5,8-14H2,1H3,(H,19,21);1H. The summed E-state index contributed by atoms with van der Waals surface area (Å²) >= 11 is 0. The summed E-state index contributed by atoms with van der Waals surface area (Å²) in [5.74, 6) is 0.757. The maximum atomic E-state index is 11.8. The minimum atomic E-state index is -0.0498. The molecule has 2 N–H and O–H groups in total. The van der Waals surface area contributed by atoms with Crippen LogP contribution in [0.4, 0.5) is 0 Å². The van der Waals surface area contributed by atoms with Crippen LogP contribution in [0.25, 0.3) is 0 Å². The fourth-order valence-corrected chi connectivity index (χ4v) is 2.60. The number of hydrogen-bond acceptors (Lipinski definition) is 4. The molecule has 0 saturated carbocycles. The summed E-state index contributed by atoms with van der Waals surface area (Å²) in [6, 6.07) is 7.86. The monoisotopic (exact) mass is 341 g/mol. The van der Waals surface area contributed by atoms with Crippen molar-refractivity contribution in [1.82, 2.24) is 15.5 Å². The van der Waals surface area contributed by atoms with Gasteiger partial charge in [0.25, 0.3) is 5.91 Å². The Labute approximate surface area is 145 Å². The molecule has 1 heterocycles. The normalized spacial score (nSPS) is 14.8. The molecule has 1 aliphatic heterocycles. The zero-order valence-electron chi connectivity index (χ0n) is 13.8. The highest BCUT2D eigenvalue weighted by atomic mass is 35.5. The molecular weight excluding hydrogens is 314 g/mol. The summed E-state index contributed by atoms with van der Waals surface area (Å²) in [6.45, 7) is 8.26. The smallest absolute Gasteiger partial charge is 0.257 e. The van der Waals surface area contributed by atoms with E-state index in [0.29, 0.717) is 6.54 Å². The molecule has 1 aromatic carbocycles. The Morgan fingerprint density at radius 1 is 1.30 bits per heavy atom. The zero-order chi connectivity index (χ0) is 15.6. The number of piperazine rings is 1. The van der Waals surface area contributed by atoms with Crippen LogP contribution >= 0.6 is 12.4 Å². The molecule has 1 saturated heterocycles. The van der Waals surface area contributed by atoms with Crippen LogP contribution < -0.4 is 15.4 Å². The first-order valence-corrected chi connectivity index (χ1v) is 8.20. The van der Waals surface area contributed by atoms with Crippen molar-refractivity contribution >= 4 is 18.3 Å². The summed E-state index contributed by atoms with van der Waals surface area (Å²) in [5.41, 5.74) is 1.13. The molecule has 0 aromatic heterocycles. The fraction of sp³-hybridized carbons (Fsp3) is 0.588. The second-order valence-electron chi connectivity index (χ2n) is 5.55. The van der Waals surface area contributed by atoms with Gasteiger partial charge in [-0.15, -0.1) is 12.4 Å². The first kappa shape index (κ1) is 19.7. The number of carbonyl (C=O) groups excluding carboxylic acids is 1. The van der Waals surface area contributed by atoms with E-state index < -0.39 is 0 Å². The Bertz CT molecular complexity index is 465. The number of halogens is 1. The number of rotatable bonds is 8. The Kier molecular flexibility index (Phi) is 9.67. The lowest BCUT2D eigenvalue weighted by Gasteiger charge is -2.27. The third-order valence-corrected chi connectivity index (χ3v) is 3.90. The highest BCUT2D eigenvalue weighted by Gasteiger charge is 2.09. The van der Waals surface area contributed by atoms with Crippen LogP contribution in [0.5, 0.6) is 5.75 Å². The molecule has 1 fully saturated rings. The maximum absolute atomic E-state index is 11.8. The van der Waals surface area contributed by atoms with Gasteiger partial charge < -0.3 is 20.3 Å². The highest BCUT2D eigenvalue weighted by molar-refractivity contribution is 5.85. The van der Waals surface area contributed by atoms with Gasteiger partial charge in [-0.2, -0.15) is 0 Å². The van der Waals surface area contributed by atoms with E-state index in [1.165, 1.54) is 0 Å². The molecule has 0 aliphatic carbocycles. The average Bonchev–Trinajstić information content (AvgIpc) is 2.58. The highest BCUT2D eigenvalue weighted by Crippen LogP contribution is 2.17. The van der Waals surface area contributed by atoms with Crippen LogP contribution in [0.3, 0.4) is 0 Å². The SMILES string of the molecule is CCc1ccccc1OCC(=O)NCCCN1CCNCC1.Cl. The number of benzene rings is 1. The van der Waals surface area contributed by atoms with Crippen LogP contribution in [-0.2, 0) is 11.2 Å². The van der Waals surface area contributed by atoms with Crippen molar-refractivity contribution in [1.29, 1.82) is 0 Å². The molecule has 0 radical (unpaired) electrons. The van der Waals surface area contributed by atoms with Gasteiger partial charge in [0.2, 0.25) is 0 Å². The van der Waals surface area contributed by atoms with Crippen molar-refractivity contribution in [2.45, 2.75) is 19.8 Å². The Hall–Kier alpha value is -1.30. The van der Waals surface area contributed by atoms with Gasteiger partial charge in [0, 0.05) is 32.7 Å². The fourth-order valence-electron chi connectivity index (χ4n) is 2.60. The maximum Gasteiger partial charge on any atom is 0.257 e. The lowest BCUT2D eigenvalue weighted by atomic mass is 10.1. The summed E-state index contributed by atoms with van der Waals surface area (Å²) in [7, 11) is 0. The van der Waals surface area contributed by atoms with Gasteiger partial charge in [-0.05, 0) is 31.0 Å². The molecule has 5 nitrogen and oxygen atoms in total. The molecule has 1 amide bonds. The predicted molar refractivity (Wildman–Crippen MR) is 95.5 cm³/mol. The summed E-state index contributed by atoms with van der Waals surface area (Å²) in [6.07, 6.45) is 1.89. The number of nitrogens with one attached hydrogen (secondary N) is 2. The van der Waals surface area contributed by atoms with Gasteiger partial charge in [-0.3, -0.25) is 4.79 Å². The van der Waals surface area contributed by atoms with Crippen molar-refractivity contribution in [3.8, 4) is 5.75 Å². The minimum Gasteiger partial charge on any atom is -0.483 e. The van der Waals surface area contributed by atoms with Crippen molar-refractivity contribution in [2.75, 3.05) is 45.9 Å². The van der Waals surface area contributed by atoms with Crippen LogP contribution in [0.1, 0.15) is 18.9 Å². The largest absolute Gasteiger partial charge is 0.483 e. The Balaban J connectivity index is 0.00000264. The van der Waals surface area contributed by atoms with E-state index >= 15 is 0 Å². The van der Waals surface area contributed by atoms with E-state index in [1.807, 2.05) is 24.3 Å². The number of aryl methyl sites for hydroxylation is 1. The Morgan fingerprint density at radius 2 is 2.04 bits per heavy atom. The van der Waals surface area contributed by atoms with Crippen LogP contribution in [0.15, 0.2) is 24.3 Å². The molecule has 130 valence electrons. The van der Waals surface area contributed by atoms with Gasteiger partial charge in [0.1, 0.15) is 5.75 Å². The van der Waals surface area contributed by atoms with Crippen LogP contribution in [0.2, 0.25) is 0 Å². The molecule has 0 atom stereocenters. The Morgan fingerprint density at radius 3 is 2.78 bits per heavy atom. The molecule has 1 aromatic rings. The lowest BCUT2D eigenvalue weighted by Crippen LogP contribution is -2.44. The minimum absolute atomic E-state index is 0.